The number of halogens is 6. The maximum Gasteiger partial charge on any atom is 0.573 e. The van der Waals surface area contributed by atoms with E-state index < -0.39 is 47.6 Å². The summed E-state index contributed by atoms with van der Waals surface area (Å²) < 4.78 is 75.0. The first-order chi connectivity index (χ1) is 21.4. The quantitative estimate of drug-likeness (QED) is 0.223. The molecule has 1 saturated heterocycles. The molecular formula is C28H26F6N6O6. The molecule has 1 aromatic carbocycles. The van der Waals surface area contributed by atoms with Gasteiger partial charge >= 0.3 is 24.5 Å². The predicted octanol–water partition coefficient (Wildman–Crippen LogP) is 4.48. The zero-order valence-electron chi connectivity index (χ0n) is 24.0. The molecular weight excluding hydrogens is 630 g/mol. The van der Waals surface area contributed by atoms with Gasteiger partial charge in [0.05, 0.1) is 23.6 Å². The molecule has 1 fully saturated rings. The summed E-state index contributed by atoms with van der Waals surface area (Å²) in [6, 6.07) is 11.2. The zero-order valence-corrected chi connectivity index (χ0v) is 24.0. The summed E-state index contributed by atoms with van der Waals surface area (Å²) in [5, 5.41) is 12.3. The van der Waals surface area contributed by atoms with E-state index in [-0.39, 0.29) is 31.0 Å². The van der Waals surface area contributed by atoms with E-state index in [0.29, 0.717) is 5.69 Å². The summed E-state index contributed by atoms with van der Waals surface area (Å²) in [6.07, 6.45) is -5.42. The van der Waals surface area contributed by atoms with E-state index in [4.69, 9.17) is 9.90 Å². The van der Waals surface area contributed by atoms with Gasteiger partial charge in [0.1, 0.15) is 5.54 Å². The van der Waals surface area contributed by atoms with Crippen LogP contribution in [0.4, 0.5) is 42.5 Å². The van der Waals surface area contributed by atoms with Crippen molar-refractivity contribution >= 4 is 35.2 Å². The van der Waals surface area contributed by atoms with E-state index >= 15 is 0 Å². The van der Waals surface area contributed by atoms with Crippen molar-refractivity contribution < 1.29 is 55.4 Å². The summed E-state index contributed by atoms with van der Waals surface area (Å²) in [5.41, 5.74) is -0.234. The number of hydrogen-bond donors (Lipinski definition) is 3. The fourth-order valence-corrected chi connectivity index (χ4v) is 3.97. The molecule has 1 aliphatic rings. The van der Waals surface area contributed by atoms with Crippen molar-refractivity contribution in [3.63, 3.8) is 0 Å². The minimum Gasteiger partial charge on any atom is -0.475 e. The van der Waals surface area contributed by atoms with Gasteiger partial charge in [-0.25, -0.2) is 14.5 Å². The minimum absolute atomic E-state index is 0.0263. The van der Waals surface area contributed by atoms with Gasteiger partial charge < -0.3 is 25.4 Å². The Hall–Kier alpha value is -5.26. The van der Waals surface area contributed by atoms with Crippen LogP contribution in [0.1, 0.15) is 25.1 Å². The second-order valence-corrected chi connectivity index (χ2v) is 9.93. The number of carbonyl (C=O) groups excluding carboxylic acids is 3. The fraction of sp³-hybridized carbons (Fsp3) is 0.286. The van der Waals surface area contributed by atoms with Gasteiger partial charge in [-0.1, -0.05) is 6.07 Å². The van der Waals surface area contributed by atoms with Crippen LogP contribution in [-0.4, -0.2) is 68.4 Å². The minimum atomic E-state index is -5.08. The smallest absolute Gasteiger partial charge is 0.475 e. The molecule has 3 aromatic rings. The van der Waals surface area contributed by atoms with Crippen molar-refractivity contribution in [3.05, 3.63) is 78.4 Å². The lowest BCUT2D eigenvalue weighted by Gasteiger charge is -2.27. The molecule has 0 aliphatic carbocycles. The second kappa shape index (κ2) is 14.2. The molecule has 0 radical (unpaired) electrons. The highest BCUT2D eigenvalue weighted by Crippen LogP contribution is 2.38. The standard InChI is InChI=1S/C26H25F3N6O4.C2HF3O2/c1-25(2)23(37)35(24(38)34(25)16-17-8-11-30-12-9-17)19-6-7-21(39-26(27,28)29)20(13-19)33-22(36)15-31-14-18-5-3-4-10-32-18;3-2(4,5)1(6)7/h3-13,31H,14-16H2,1-2H3,(H,33,36);(H,6,7). The van der Waals surface area contributed by atoms with Gasteiger partial charge in [0, 0.05) is 31.7 Å². The highest BCUT2D eigenvalue weighted by molar-refractivity contribution is 6.23. The number of alkyl halides is 6. The van der Waals surface area contributed by atoms with Gasteiger partial charge in [-0.3, -0.25) is 19.6 Å². The molecule has 0 unspecified atom stereocenters. The Bertz CT molecular complexity index is 1550. The Kier molecular flexibility index (Phi) is 10.9. The Morgan fingerprint density at radius 3 is 2.20 bits per heavy atom. The number of anilines is 2. The third kappa shape index (κ3) is 9.37. The largest absolute Gasteiger partial charge is 0.573 e. The summed E-state index contributed by atoms with van der Waals surface area (Å²) >= 11 is 0. The van der Waals surface area contributed by atoms with Gasteiger partial charge in [-0.05, 0) is 61.9 Å². The molecule has 0 bridgehead atoms. The zero-order chi connectivity index (χ0) is 34.3. The third-order valence-corrected chi connectivity index (χ3v) is 6.19. The van der Waals surface area contributed by atoms with Gasteiger partial charge in [0.15, 0.2) is 5.75 Å². The van der Waals surface area contributed by atoms with Gasteiger partial charge in [0.2, 0.25) is 5.91 Å². The van der Waals surface area contributed by atoms with Crippen LogP contribution in [0.2, 0.25) is 0 Å². The average molecular weight is 657 g/mol. The number of benzene rings is 1. The lowest BCUT2D eigenvalue weighted by atomic mass is 10.0. The van der Waals surface area contributed by atoms with E-state index in [1.165, 1.54) is 4.90 Å². The monoisotopic (exact) mass is 656 g/mol. The number of aliphatic carboxylic acids is 1. The van der Waals surface area contributed by atoms with Crippen LogP contribution in [-0.2, 0) is 27.5 Å². The number of pyridine rings is 2. The van der Waals surface area contributed by atoms with Crippen molar-refractivity contribution in [2.75, 3.05) is 16.8 Å². The van der Waals surface area contributed by atoms with Crippen molar-refractivity contribution in [2.24, 2.45) is 0 Å². The molecule has 246 valence electrons. The number of carbonyl (C=O) groups is 4. The lowest BCUT2D eigenvalue weighted by Crippen LogP contribution is -2.43. The lowest BCUT2D eigenvalue weighted by molar-refractivity contribution is -0.274. The molecule has 4 amide bonds. The van der Waals surface area contributed by atoms with Crippen LogP contribution >= 0.6 is 0 Å². The topological polar surface area (TPSA) is 154 Å². The van der Waals surface area contributed by atoms with Crippen LogP contribution in [0.5, 0.6) is 5.75 Å². The Morgan fingerprint density at radius 1 is 0.978 bits per heavy atom. The van der Waals surface area contributed by atoms with E-state index in [1.807, 2.05) is 0 Å². The first kappa shape index (κ1) is 35.2. The van der Waals surface area contributed by atoms with E-state index in [2.05, 4.69) is 25.3 Å². The normalized spacial score (nSPS) is 14.4. The van der Waals surface area contributed by atoms with Gasteiger partial charge in [-0.2, -0.15) is 13.2 Å². The molecule has 0 saturated carbocycles. The number of rotatable bonds is 9. The van der Waals surface area contributed by atoms with E-state index in [0.717, 1.165) is 28.7 Å². The third-order valence-electron chi connectivity index (χ3n) is 6.19. The first-order valence-corrected chi connectivity index (χ1v) is 13.1. The summed E-state index contributed by atoms with van der Waals surface area (Å²) in [7, 11) is 0. The number of imide groups is 1. The van der Waals surface area contributed by atoms with Crippen LogP contribution < -0.4 is 20.3 Å². The maximum absolute atomic E-state index is 13.4. The van der Waals surface area contributed by atoms with Crippen LogP contribution in [0.15, 0.2) is 67.1 Å². The fourth-order valence-electron chi connectivity index (χ4n) is 3.97. The number of hydrogen-bond acceptors (Lipinski definition) is 8. The number of aromatic nitrogens is 2. The van der Waals surface area contributed by atoms with Crippen LogP contribution in [0.3, 0.4) is 0 Å². The van der Waals surface area contributed by atoms with Crippen molar-refractivity contribution in [3.8, 4) is 5.75 Å². The molecule has 2 aromatic heterocycles. The number of carboxylic acid groups (broad SMARTS) is 1. The van der Waals surface area contributed by atoms with Gasteiger partial charge in [-0.15, -0.1) is 13.2 Å². The SMILES string of the molecule is CC1(C)C(=O)N(c2ccc(OC(F)(F)F)c(NC(=O)CNCc3ccccn3)c2)C(=O)N1Cc1ccncc1.O=C(O)C(F)(F)F. The molecule has 1 aliphatic heterocycles. The number of urea groups is 1. The molecule has 0 spiro atoms. The predicted molar refractivity (Wildman–Crippen MR) is 148 cm³/mol. The molecule has 3 N–H and O–H groups in total. The molecule has 0 atom stereocenters. The molecule has 3 heterocycles. The van der Waals surface area contributed by atoms with Gasteiger partial charge in [0.25, 0.3) is 5.91 Å². The number of nitrogens with one attached hydrogen (secondary N) is 2. The van der Waals surface area contributed by atoms with Crippen molar-refractivity contribution in [1.82, 2.24) is 20.2 Å². The Morgan fingerprint density at radius 2 is 1.63 bits per heavy atom. The van der Waals surface area contributed by atoms with Crippen molar-refractivity contribution in [2.45, 2.75) is 45.0 Å². The Labute approximate surface area is 257 Å². The number of amides is 4. The molecule has 4 rings (SSSR count). The van der Waals surface area contributed by atoms with Crippen LogP contribution in [0.25, 0.3) is 0 Å². The number of ether oxygens (including phenoxy) is 1. The molecule has 18 heteroatoms. The van der Waals surface area contributed by atoms with E-state index in [1.54, 1.807) is 62.8 Å². The summed E-state index contributed by atoms with van der Waals surface area (Å²) in [5.74, 6) is -4.71. The molecule has 12 nitrogen and oxygen atoms in total. The average Bonchev–Trinajstić information content (AvgIpc) is 3.13. The van der Waals surface area contributed by atoms with Crippen molar-refractivity contribution in [1.29, 1.82) is 0 Å². The Balaban J connectivity index is 0.000000738. The second-order valence-electron chi connectivity index (χ2n) is 9.93. The van der Waals surface area contributed by atoms with E-state index in [9.17, 15) is 40.7 Å². The highest BCUT2D eigenvalue weighted by atomic mass is 19.4. The highest BCUT2D eigenvalue weighted by Gasteiger charge is 2.52. The number of nitrogens with zero attached hydrogens (tertiary/aromatic N) is 4. The molecule has 46 heavy (non-hydrogen) atoms. The van der Waals surface area contributed by atoms with Crippen LogP contribution in [0, 0.1) is 0 Å². The number of carboxylic acids is 1. The maximum atomic E-state index is 13.4. The summed E-state index contributed by atoms with van der Waals surface area (Å²) in [6.45, 7) is 3.26. The first-order valence-electron chi connectivity index (χ1n) is 13.1. The summed E-state index contributed by atoms with van der Waals surface area (Å²) in [4.78, 5) is 58.4.